The smallest absolute Gasteiger partial charge is 0.269 e. The maximum absolute atomic E-state index is 11.0. The van der Waals surface area contributed by atoms with Crippen molar-refractivity contribution in [2.24, 2.45) is 0 Å². The molecule has 1 saturated heterocycles. The molecule has 2 atom stereocenters. The maximum Gasteiger partial charge on any atom is 0.269 e. The molecular weight excluding hydrogens is 412 g/mol. The number of nitro groups is 1. The van der Waals surface area contributed by atoms with Crippen molar-refractivity contribution < 1.29 is 4.92 Å². The molecule has 0 spiro atoms. The van der Waals surface area contributed by atoms with E-state index >= 15 is 0 Å². The second-order valence-electron chi connectivity index (χ2n) is 7.70. The number of nitro benzene ring substituents is 1. The zero-order chi connectivity index (χ0) is 22.0. The number of pyridine rings is 1. The van der Waals surface area contributed by atoms with Gasteiger partial charge in [0.1, 0.15) is 0 Å². The molecule has 1 aliphatic rings. The summed E-state index contributed by atoms with van der Waals surface area (Å²) in [5, 5.41) is 15.2. The Morgan fingerprint density at radius 2 is 1.94 bits per heavy atom. The van der Waals surface area contributed by atoms with E-state index in [1.807, 2.05) is 44.6 Å². The molecule has 1 aliphatic heterocycles. The Balaban J connectivity index is 1.75. The van der Waals surface area contributed by atoms with Crippen LogP contribution in [0.1, 0.15) is 23.5 Å². The van der Waals surface area contributed by atoms with Crippen LogP contribution in [-0.2, 0) is 0 Å². The van der Waals surface area contributed by atoms with Gasteiger partial charge in [-0.2, -0.15) is 0 Å². The summed E-state index contributed by atoms with van der Waals surface area (Å²) in [4.78, 5) is 19.6. The standard InChI is InChI=1S/C22H24N6O2S/c1-25(2)14-15-27-21(20(24-22(27)31)18-6-3-4-12-23-18)19-7-5-13-26(19)16-8-10-17(11-9-16)28(29)30/h3-13,20-21H,14-15H2,1-2H3,(H,24,31)/t20-,21+/m0/s1. The predicted octanol–water partition coefficient (Wildman–Crippen LogP) is 3.31. The van der Waals surface area contributed by atoms with Crippen molar-refractivity contribution in [2.75, 3.05) is 27.2 Å². The molecule has 4 rings (SSSR count). The van der Waals surface area contributed by atoms with Crippen LogP contribution in [0.4, 0.5) is 5.69 Å². The molecule has 1 aromatic carbocycles. The summed E-state index contributed by atoms with van der Waals surface area (Å²) in [6, 6.07) is 16.3. The van der Waals surface area contributed by atoms with E-state index in [9.17, 15) is 10.1 Å². The van der Waals surface area contributed by atoms with Crippen LogP contribution < -0.4 is 5.32 Å². The highest BCUT2D eigenvalue weighted by molar-refractivity contribution is 7.80. The van der Waals surface area contributed by atoms with E-state index in [4.69, 9.17) is 12.2 Å². The fraction of sp³-hybridized carbons (Fsp3) is 0.273. The summed E-state index contributed by atoms with van der Waals surface area (Å²) in [6.07, 6.45) is 3.76. The van der Waals surface area contributed by atoms with Crippen LogP contribution in [0.25, 0.3) is 5.69 Å². The number of nitrogens with one attached hydrogen (secondary N) is 1. The van der Waals surface area contributed by atoms with E-state index in [0.717, 1.165) is 30.2 Å². The quantitative estimate of drug-likeness (QED) is 0.346. The monoisotopic (exact) mass is 436 g/mol. The van der Waals surface area contributed by atoms with Gasteiger partial charge in [-0.25, -0.2) is 0 Å². The molecule has 2 aromatic heterocycles. The number of non-ortho nitro benzene ring substituents is 1. The van der Waals surface area contributed by atoms with Gasteiger partial charge in [-0.15, -0.1) is 0 Å². The summed E-state index contributed by atoms with van der Waals surface area (Å²) in [7, 11) is 4.08. The van der Waals surface area contributed by atoms with Gasteiger partial charge < -0.3 is 19.7 Å². The highest BCUT2D eigenvalue weighted by atomic mass is 32.1. The average Bonchev–Trinajstić information content (AvgIpc) is 3.37. The molecule has 0 unspecified atom stereocenters. The summed E-state index contributed by atoms with van der Waals surface area (Å²) in [6.45, 7) is 1.61. The van der Waals surface area contributed by atoms with Gasteiger partial charge in [-0.05, 0) is 62.7 Å². The second kappa shape index (κ2) is 8.83. The molecule has 9 heteroatoms. The molecule has 8 nitrogen and oxygen atoms in total. The molecule has 0 radical (unpaired) electrons. The lowest BCUT2D eigenvalue weighted by molar-refractivity contribution is -0.384. The van der Waals surface area contributed by atoms with Gasteiger partial charge in [0.2, 0.25) is 0 Å². The molecule has 3 aromatic rings. The van der Waals surface area contributed by atoms with E-state index in [2.05, 4.69) is 30.7 Å². The Bertz CT molecular complexity index is 1070. The molecule has 0 amide bonds. The van der Waals surface area contributed by atoms with Crippen LogP contribution in [-0.4, -0.2) is 56.6 Å². The third kappa shape index (κ3) is 4.28. The Morgan fingerprint density at radius 3 is 2.58 bits per heavy atom. The molecule has 0 saturated carbocycles. The number of aromatic nitrogens is 2. The number of benzene rings is 1. The minimum Gasteiger partial charge on any atom is -0.352 e. The zero-order valence-electron chi connectivity index (χ0n) is 17.4. The van der Waals surface area contributed by atoms with Crippen LogP contribution in [0.2, 0.25) is 0 Å². The topological polar surface area (TPSA) is 79.5 Å². The molecule has 3 heterocycles. The lowest BCUT2D eigenvalue weighted by Crippen LogP contribution is -2.36. The molecular formula is C22H24N6O2S. The van der Waals surface area contributed by atoms with E-state index in [-0.39, 0.29) is 22.7 Å². The SMILES string of the molecule is CN(C)CCN1C(=S)N[C@@H](c2ccccn2)[C@H]1c1cccn1-c1ccc([N+](=O)[O-])cc1. The molecule has 160 valence electrons. The van der Waals surface area contributed by atoms with Crippen molar-refractivity contribution >= 4 is 23.0 Å². The van der Waals surface area contributed by atoms with Crippen molar-refractivity contribution in [3.8, 4) is 5.69 Å². The second-order valence-corrected chi connectivity index (χ2v) is 8.09. The highest BCUT2D eigenvalue weighted by Gasteiger charge is 2.41. The van der Waals surface area contributed by atoms with Gasteiger partial charge in [-0.3, -0.25) is 15.1 Å². The Hall–Kier alpha value is -3.30. The summed E-state index contributed by atoms with van der Waals surface area (Å²) >= 11 is 5.71. The first-order chi connectivity index (χ1) is 15.0. The lowest BCUT2D eigenvalue weighted by Gasteiger charge is -2.29. The Morgan fingerprint density at radius 1 is 1.16 bits per heavy atom. The third-order valence-electron chi connectivity index (χ3n) is 5.41. The van der Waals surface area contributed by atoms with E-state index < -0.39 is 0 Å². The fourth-order valence-corrected chi connectivity index (χ4v) is 4.21. The highest BCUT2D eigenvalue weighted by Crippen LogP contribution is 2.39. The van der Waals surface area contributed by atoms with Gasteiger partial charge in [0.15, 0.2) is 5.11 Å². The number of thiocarbonyl (C=S) groups is 1. The van der Waals surface area contributed by atoms with Gasteiger partial charge >= 0.3 is 0 Å². The van der Waals surface area contributed by atoms with E-state index in [1.54, 1.807) is 18.3 Å². The predicted molar refractivity (Wildman–Crippen MR) is 123 cm³/mol. The van der Waals surface area contributed by atoms with Gasteiger partial charge in [0.05, 0.1) is 22.7 Å². The minimum atomic E-state index is -0.389. The number of hydrogen-bond donors (Lipinski definition) is 1. The molecule has 1 N–H and O–H groups in total. The Kier molecular flexibility index (Phi) is 5.97. The summed E-state index contributed by atoms with van der Waals surface area (Å²) in [5.74, 6) is 0. The van der Waals surface area contributed by atoms with Crippen LogP contribution in [0, 0.1) is 10.1 Å². The first-order valence-corrected chi connectivity index (χ1v) is 10.4. The van der Waals surface area contributed by atoms with Gasteiger partial charge in [0, 0.05) is 49.0 Å². The van der Waals surface area contributed by atoms with Crippen LogP contribution in [0.5, 0.6) is 0 Å². The fourth-order valence-electron chi connectivity index (χ4n) is 3.88. The first-order valence-electron chi connectivity index (χ1n) is 10.0. The number of rotatable bonds is 7. The number of nitrogens with zero attached hydrogens (tertiary/aromatic N) is 5. The van der Waals surface area contributed by atoms with Gasteiger partial charge in [0.25, 0.3) is 5.69 Å². The molecule has 1 fully saturated rings. The first kappa shape index (κ1) is 21.0. The van der Waals surface area contributed by atoms with Crippen LogP contribution in [0.3, 0.4) is 0 Å². The zero-order valence-corrected chi connectivity index (χ0v) is 18.2. The van der Waals surface area contributed by atoms with Crippen LogP contribution >= 0.6 is 12.2 Å². The Labute approximate surface area is 186 Å². The van der Waals surface area contributed by atoms with Crippen molar-refractivity contribution in [1.82, 2.24) is 24.7 Å². The van der Waals surface area contributed by atoms with Crippen molar-refractivity contribution in [1.29, 1.82) is 0 Å². The largest absolute Gasteiger partial charge is 0.352 e. The summed E-state index contributed by atoms with van der Waals surface area (Å²) in [5.41, 5.74) is 2.88. The molecule has 31 heavy (non-hydrogen) atoms. The average molecular weight is 437 g/mol. The minimum absolute atomic E-state index is 0.0696. The van der Waals surface area contributed by atoms with Crippen LogP contribution in [0.15, 0.2) is 67.0 Å². The van der Waals surface area contributed by atoms with E-state index in [0.29, 0.717) is 5.11 Å². The van der Waals surface area contributed by atoms with Gasteiger partial charge in [-0.1, -0.05) is 6.07 Å². The van der Waals surface area contributed by atoms with Crippen molar-refractivity contribution in [3.05, 3.63) is 88.5 Å². The van der Waals surface area contributed by atoms with Crippen molar-refractivity contribution in [3.63, 3.8) is 0 Å². The lowest BCUT2D eigenvalue weighted by atomic mass is 10.0. The number of likely N-dealkylation sites (N-methyl/N-ethyl adjacent to an activating group) is 1. The molecule has 0 bridgehead atoms. The normalized spacial score (nSPS) is 18.4. The molecule has 0 aliphatic carbocycles. The van der Waals surface area contributed by atoms with Crippen molar-refractivity contribution in [2.45, 2.75) is 12.1 Å². The number of hydrogen-bond acceptors (Lipinski definition) is 5. The summed E-state index contributed by atoms with van der Waals surface area (Å²) < 4.78 is 2.06. The van der Waals surface area contributed by atoms with E-state index in [1.165, 1.54) is 12.1 Å². The maximum atomic E-state index is 11.0. The third-order valence-corrected chi connectivity index (χ3v) is 5.76.